The van der Waals surface area contributed by atoms with Crippen LogP contribution in [-0.2, 0) is 4.79 Å². The summed E-state index contributed by atoms with van der Waals surface area (Å²) in [6, 6.07) is 4.97. The molecule has 0 aromatic heterocycles. The van der Waals surface area contributed by atoms with Gasteiger partial charge >= 0.3 is 5.97 Å². The molecule has 0 heterocycles. The molecule has 0 saturated heterocycles. The molecule has 0 fully saturated rings. The second kappa shape index (κ2) is 4.24. The van der Waals surface area contributed by atoms with Gasteiger partial charge in [-0.05, 0) is 24.5 Å². The Morgan fingerprint density at radius 2 is 2.21 bits per heavy atom. The number of carboxylic acids is 1. The standard InChI is InChI=1S/C11H8O3/c1-8-4-2-5-9(6-3-7-12)10(8)11(13)14/h2,4-5,7H,1H3,(H,13,14). The largest absolute Gasteiger partial charge is 0.478 e. The highest BCUT2D eigenvalue weighted by atomic mass is 16.4. The van der Waals surface area contributed by atoms with Crippen LogP contribution in [-0.4, -0.2) is 17.4 Å². The van der Waals surface area contributed by atoms with Crippen molar-refractivity contribution in [1.82, 2.24) is 0 Å². The summed E-state index contributed by atoms with van der Waals surface area (Å²) in [7, 11) is 0. The number of hydrogen-bond acceptors (Lipinski definition) is 2. The Balaban J connectivity index is 3.35. The van der Waals surface area contributed by atoms with Gasteiger partial charge in [0, 0.05) is 5.56 Å². The van der Waals surface area contributed by atoms with Gasteiger partial charge in [-0.25, -0.2) is 4.79 Å². The Hall–Kier alpha value is -2.08. The molecule has 0 radical (unpaired) electrons. The zero-order chi connectivity index (χ0) is 10.6. The third kappa shape index (κ3) is 1.99. The number of aryl methyl sites for hydroxylation is 1. The molecular weight excluding hydrogens is 180 g/mol. The Morgan fingerprint density at radius 3 is 2.79 bits per heavy atom. The topological polar surface area (TPSA) is 54.4 Å². The lowest BCUT2D eigenvalue weighted by Crippen LogP contribution is -2.02. The molecule has 0 unspecified atom stereocenters. The highest BCUT2D eigenvalue weighted by Gasteiger charge is 2.10. The number of carbonyl (C=O) groups excluding carboxylic acids is 1. The quantitative estimate of drug-likeness (QED) is 0.533. The van der Waals surface area contributed by atoms with Gasteiger partial charge in [0.2, 0.25) is 0 Å². The fourth-order valence-electron chi connectivity index (χ4n) is 1.16. The van der Waals surface area contributed by atoms with Crippen LogP contribution in [0.3, 0.4) is 0 Å². The molecule has 0 spiro atoms. The van der Waals surface area contributed by atoms with E-state index in [9.17, 15) is 9.59 Å². The van der Waals surface area contributed by atoms with Crippen molar-refractivity contribution in [2.75, 3.05) is 0 Å². The molecule has 0 aliphatic heterocycles. The van der Waals surface area contributed by atoms with Crippen LogP contribution in [0.5, 0.6) is 0 Å². The second-order valence-electron chi connectivity index (χ2n) is 2.69. The Labute approximate surface area is 81.4 Å². The fraction of sp³-hybridized carbons (Fsp3) is 0.0909. The van der Waals surface area contributed by atoms with E-state index in [-0.39, 0.29) is 5.56 Å². The molecule has 1 aromatic carbocycles. The zero-order valence-corrected chi connectivity index (χ0v) is 7.57. The van der Waals surface area contributed by atoms with Crippen molar-refractivity contribution >= 4 is 12.3 Å². The number of aldehydes is 1. The Kier molecular flexibility index (Phi) is 3.03. The van der Waals surface area contributed by atoms with Crippen molar-refractivity contribution in [1.29, 1.82) is 0 Å². The average molecular weight is 188 g/mol. The van der Waals surface area contributed by atoms with Crippen molar-refractivity contribution in [2.45, 2.75) is 6.92 Å². The monoisotopic (exact) mass is 188 g/mol. The van der Waals surface area contributed by atoms with E-state index in [0.717, 1.165) is 0 Å². The molecule has 3 heteroatoms. The molecule has 1 aromatic rings. The van der Waals surface area contributed by atoms with Gasteiger partial charge < -0.3 is 5.11 Å². The van der Waals surface area contributed by atoms with Gasteiger partial charge in [0.25, 0.3) is 0 Å². The van der Waals surface area contributed by atoms with Crippen molar-refractivity contribution in [3.63, 3.8) is 0 Å². The summed E-state index contributed by atoms with van der Waals surface area (Å²) in [5.74, 6) is 3.65. The fourth-order valence-corrected chi connectivity index (χ4v) is 1.16. The van der Waals surface area contributed by atoms with Crippen molar-refractivity contribution in [3.8, 4) is 11.8 Å². The second-order valence-corrected chi connectivity index (χ2v) is 2.69. The summed E-state index contributed by atoms with van der Waals surface area (Å²) < 4.78 is 0. The number of benzene rings is 1. The predicted octanol–water partition coefficient (Wildman–Crippen LogP) is 1.24. The van der Waals surface area contributed by atoms with Crippen LogP contribution in [0.2, 0.25) is 0 Å². The first-order valence-electron chi connectivity index (χ1n) is 3.95. The first-order chi connectivity index (χ1) is 6.66. The summed E-state index contributed by atoms with van der Waals surface area (Å²) in [4.78, 5) is 20.9. The van der Waals surface area contributed by atoms with Gasteiger partial charge in [0.15, 0.2) is 6.29 Å². The summed E-state index contributed by atoms with van der Waals surface area (Å²) >= 11 is 0. The molecular formula is C11H8O3. The number of carbonyl (C=O) groups is 2. The highest BCUT2D eigenvalue weighted by Crippen LogP contribution is 2.12. The van der Waals surface area contributed by atoms with E-state index >= 15 is 0 Å². The first-order valence-corrected chi connectivity index (χ1v) is 3.95. The summed E-state index contributed by atoms with van der Waals surface area (Å²) in [5, 5.41) is 8.89. The zero-order valence-electron chi connectivity index (χ0n) is 7.57. The smallest absolute Gasteiger partial charge is 0.337 e. The summed E-state index contributed by atoms with van der Waals surface area (Å²) in [6.07, 6.45) is 0.438. The van der Waals surface area contributed by atoms with Gasteiger partial charge in [-0.15, -0.1) is 0 Å². The predicted molar refractivity (Wildman–Crippen MR) is 51.1 cm³/mol. The molecule has 0 atom stereocenters. The van der Waals surface area contributed by atoms with Gasteiger partial charge in [0.05, 0.1) is 5.56 Å². The van der Waals surface area contributed by atoms with E-state index in [4.69, 9.17) is 5.11 Å². The molecule has 1 N–H and O–H groups in total. The number of rotatable bonds is 1. The normalized spacial score (nSPS) is 8.64. The minimum Gasteiger partial charge on any atom is -0.478 e. The van der Waals surface area contributed by atoms with Crippen LogP contribution >= 0.6 is 0 Å². The van der Waals surface area contributed by atoms with Gasteiger partial charge in [-0.1, -0.05) is 18.1 Å². The van der Waals surface area contributed by atoms with Crippen LogP contribution in [0.15, 0.2) is 18.2 Å². The molecule has 14 heavy (non-hydrogen) atoms. The van der Waals surface area contributed by atoms with Gasteiger partial charge in [-0.3, -0.25) is 4.79 Å². The van der Waals surface area contributed by atoms with E-state index in [1.54, 1.807) is 25.1 Å². The van der Waals surface area contributed by atoms with Crippen LogP contribution in [0.25, 0.3) is 0 Å². The molecule has 0 amide bonds. The number of carboxylic acid groups (broad SMARTS) is 1. The van der Waals surface area contributed by atoms with Crippen LogP contribution in [0.1, 0.15) is 21.5 Å². The third-order valence-corrected chi connectivity index (χ3v) is 1.75. The molecule has 3 nitrogen and oxygen atoms in total. The van der Waals surface area contributed by atoms with E-state index in [1.165, 1.54) is 0 Å². The third-order valence-electron chi connectivity index (χ3n) is 1.75. The molecule has 0 aliphatic rings. The minimum atomic E-state index is -1.03. The summed E-state index contributed by atoms with van der Waals surface area (Å²) in [6.45, 7) is 1.69. The maximum absolute atomic E-state index is 10.8. The molecule has 1 rings (SSSR count). The molecule has 0 saturated carbocycles. The van der Waals surface area contributed by atoms with E-state index in [1.807, 2.05) is 0 Å². The van der Waals surface area contributed by atoms with Crippen LogP contribution in [0.4, 0.5) is 0 Å². The SMILES string of the molecule is Cc1cccc(C#CC=O)c1C(=O)O. The van der Waals surface area contributed by atoms with Crippen molar-refractivity contribution < 1.29 is 14.7 Å². The first kappa shape index (κ1) is 10.0. The average Bonchev–Trinajstić information content (AvgIpc) is 2.14. The van der Waals surface area contributed by atoms with Crippen molar-refractivity contribution in [3.05, 3.63) is 34.9 Å². The van der Waals surface area contributed by atoms with E-state index < -0.39 is 5.97 Å². The Bertz CT molecular complexity index is 436. The molecule has 70 valence electrons. The maximum atomic E-state index is 10.8. The Morgan fingerprint density at radius 1 is 1.50 bits per heavy atom. The van der Waals surface area contributed by atoms with E-state index in [0.29, 0.717) is 17.4 Å². The molecule has 0 bridgehead atoms. The van der Waals surface area contributed by atoms with Gasteiger partial charge in [0.1, 0.15) is 0 Å². The summed E-state index contributed by atoms with van der Waals surface area (Å²) in [5.41, 5.74) is 1.15. The highest BCUT2D eigenvalue weighted by molar-refractivity contribution is 5.92. The number of hydrogen-bond donors (Lipinski definition) is 1. The van der Waals surface area contributed by atoms with Crippen LogP contribution < -0.4 is 0 Å². The van der Waals surface area contributed by atoms with Crippen molar-refractivity contribution in [2.24, 2.45) is 0 Å². The minimum absolute atomic E-state index is 0.154. The lowest BCUT2D eigenvalue weighted by atomic mass is 10.0. The maximum Gasteiger partial charge on any atom is 0.337 e. The van der Waals surface area contributed by atoms with Gasteiger partial charge in [-0.2, -0.15) is 0 Å². The molecule has 0 aliphatic carbocycles. The lowest BCUT2D eigenvalue weighted by Gasteiger charge is -2.02. The lowest BCUT2D eigenvalue weighted by molar-refractivity contribution is -0.103. The van der Waals surface area contributed by atoms with E-state index in [2.05, 4.69) is 11.8 Å². The van der Waals surface area contributed by atoms with Crippen LogP contribution in [0, 0.1) is 18.8 Å². The number of aromatic carboxylic acids is 1.